The molecule has 0 spiro atoms. The van der Waals surface area contributed by atoms with Gasteiger partial charge in [-0.2, -0.15) is 0 Å². The summed E-state index contributed by atoms with van der Waals surface area (Å²) in [6, 6.07) is 27.6. The summed E-state index contributed by atoms with van der Waals surface area (Å²) in [6.07, 6.45) is 0.0654. The zero-order chi connectivity index (χ0) is 29.2. The number of amides is 1. The fraction of sp³-hybridized carbons (Fsp3) is 0.281. The molecule has 214 valence electrons. The number of aromatic nitrogens is 1. The van der Waals surface area contributed by atoms with Gasteiger partial charge in [-0.1, -0.05) is 54.6 Å². The van der Waals surface area contributed by atoms with E-state index in [1.165, 1.54) is 23.5 Å². The molecule has 4 rings (SSSR count). The van der Waals surface area contributed by atoms with E-state index in [1.807, 2.05) is 85.8 Å². The summed E-state index contributed by atoms with van der Waals surface area (Å²) in [5, 5.41) is 9.93. The topological polar surface area (TPSA) is 89.0 Å². The first-order valence-corrected chi connectivity index (χ1v) is 15.3. The van der Waals surface area contributed by atoms with Crippen LogP contribution >= 0.6 is 23.5 Å². The van der Waals surface area contributed by atoms with Gasteiger partial charge in [0.1, 0.15) is 24.7 Å². The predicted octanol–water partition coefficient (Wildman–Crippen LogP) is 6.81. The van der Waals surface area contributed by atoms with Crippen molar-refractivity contribution in [2.45, 2.75) is 36.4 Å². The van der Waals surface area contributed by atoms with Gasteiger partial charge in [-0.25, -0.2) is 4.98 Å². The van der Waals surface area contributed by atoms with E-state index in [4.69, 9.17) is 14.6 Å². The van der Waals surface area contributed by atoms with Crippen molar-refractivity contribution in [3.8, 4) is 11.5 Å². The molecule has 0 saturated carbocycles. The highest BCUT2D eigenvalue weighted by Gasteiger charge is 2.23. The van der Waals surface area contributed by atoms with Crippen molar-refractivity contribution in [2.75, 3.05) is 19.8 Å². The fourth-order valence-corrected chi connectivity index (χ4v) is 7.02. The van der Waals surface area contributed by atoms with Crippen molar-refractivity contribution in [2.24, 2.45) is 0 Å². The molecule has 4 aromatic rings. The lowest BCUT2D eigenvalue weighted by Gasteiger charge is -2.23. The van der Waals surface area contributed by atoms with Gasteiger partial charge in [0.2, 0.25) is 5.91 Å². The molecule has 1 N–H and O–H groups in total. The van der Waals surface area contributed by atoms with E-state index in [-0.39, 0.29) is 22.2 Å². The second-order valence-electron chi connectivity index (χ2n) is 9.65. The van der Waals surface area contributed by atoms with E-state index in [1.54, 1.807) is 19.0 Å². The van der Waals surface area contributed by atoms with E-state index in [0.717, 1.165) is 27.7 Å². The number of rotatable bonds is 14. The summed E-state index contributed by atoms with van der Waals surface area (Å²) in [5.74, 6) is 1.03. The number of hydrogen-bond acceptors (Lipinski definition) is 7. The number of para-hydroxylation sites is 1. The Kier molecular flexibility index (Phi) is 10.9. The van der Waals surface area contributed by atoms with Gasteiger partial charge in [-0.3, -0.25) is 9.59 Å². The fourth-order valence-electron chi connectivity index (χ4n) is 4.07. The van der Waals surface area contributed by atoms with Gasteiger partial charge < -0.3 is 19.5 Å². The lowest BCUT2D eigenvalue weighted by Crippen LogP contribution is -2.30. The Bertz CT molecular complexity index is 1480. The Morgan fingerprint density at radius 3 is 2.39 bits per heavy atom. The number of fused-ring (bicyclic) bond motifs is 1. The summed E-state index contributed by atoms with van der Waals surface area (Å²) in [7, 11) is 3.48. The van der Waals surface area contributed by atoms with Crippen LogP contribution in [0, 0.1) is 0 Å². The number of thioether (sulfide) groups is 2. The highest BCUT2D eigenvalue weighted by atomic mass is 32.2. The highest BCUT2D eigenvalue weighted by Crippen LogP contribution is 2.42. The minimum Gasteiger partial charge on any atom is -0.489 e. The van der Waals surface area contributed by atoms with Crippen molar-refractivity contribution in [3.63, 3.8) is 0 Å². The van der Waals surface area contributed by atoms with E-state index in [2.05, 4.69) is 11.1 Å². The maximum Gasteiger partial charge on any atom is 0.304 e. The summed E-state index contributed by atoms with van der Waals surface area (Å²) in [6.45, 7) is 2.59. The van der Waals surface area contributed by atoms with E-state index < -0.39 is 5.97 Å². The number of carboxylic acids is 1. The number of hydrogen-bond donors (Lipinski definition) is 1. The Morgan fingerprint density at radius 2 is 1.63 bits per heavy atom. The minimum atomic E-state index is -0.833. The maximum absolute atomic E-state index is 12.5. The quantitative estimate of drug-likeness (QED) is 0.160. The monoisotopic (exact) mass is 590 g/mol. The number of ether oxygens (including phenoxy) is 2. The number of benzene rings is 3. The molecule has 1 amide bonds. The molecule has 0 bridgehead atoms. The zero-order valence-electron chi connectivity index (χ0n) is 23.4. The van der Waals surface area contributed by atoms with Crippen LogP contribution < -0.4 is 9.47 Å². The summed E-state index contributed by atoms with van der Waals surface area (Å²) in [4.78, 5) is 29.8. The van der Waals surface area contributed by atoms with Crippen LogP contribution in [-0.2, 0) is 22.8 Å². The molecule has 0 fully saturated rings. The molecule has 0 saturated heterocycles. The number of pyridine rings is 1. The van der Waals surface area contributed by atoms with Gasteiger partial charge >= 0.3 is 5.97 Å². The van der Waals surface area contributed by atoms with Gasteiger partial charge in [0.25, 0.3) is 0 Å². The normalized spacial score (nSPS) is 12.5. The molecule has 41 heavy (non-hydrogen) atoms. The molecular formula is C32H34N2O5S2. The molecular weight excluding hydrogens is 556 g/mol. The Labute approximate surface area is 249 Å². The standard InChI is InChI=1S/C32H34N2O5S2/c1-22(31(37)34(2)3)41-32(40-17-16-30(35)36)25-10-6-8-23(18-25)20-38-27-11-7-12-28(19-27)39-21-26-15-14-24-9-4-5-13-29(24)33-26/h4-15,18-19,22,32H,16-17,20-21H2,1-3H3,(H,35,36). The number of carboxylic acid groups (broad SMARTS) is 1. The SMILES string of the molecule is CC(SC(SCCC(=O)O)c1cccc(COc2cccc(OCc3ccc4ccccc4n3)c2)c1)C(=O)N(C)C. The largest absolute Gasteiger partial charge is 0.489 e. The van der Waals surface area contributed by atoms with E-state index in [9.17, 15) is 9.59 Å². The Balaban J connectivity index is 1.38. The predicted molar refractivity (Wildman–Crippen MR) is 166 cm³/mol. The van der Waals surface area contributed by atoms with Gasteiger partial charge in [-0.15, -0.1) is 23.5 Å². The molecule has 1 heterocycles. The molecule has 0 aliphatic heterocycles. The molecule has 9 heteroatoms. The second kappa shape index (κ2) is 14.8. The number of aliphatic carboxylic acids is 1. The summed E-state index contributed by atoms with van der Waals surface area (Å²) < 4.78 is 12.0. The molecule has 2 atom stereocenters. The third-order valence-electron chi connectivity index (χ3n) is 6.18. The molecule has 0 radical (unpaired) electrons. The Hall–Kier alpha value is -3.69. The van der Waals surface area contributed by atoms with Gasteiger partial charge in [0.05, 0.1) is 27.5 Å². The van der Waals surface area contributed by atoms with Crippen LogP contribution in [0.5, 0.6) is 11.5 Å². The molecule has 3 aromatic carbocycles. The minimum absolute atomic E-state index is 0.0248. The lowest BCUT2D eigenvalue weighted by atomic mass is 10.1. The number of nitrogens with zero attached hydrogens (tertiary/aromatic N) is 2. The third-order valence-corrected chi connectivity index (χ3v) is 9.06. The summed E-state index contributed by atoms with van der Waals surface area (Å²) >= 11 is 3.07. The number of carbonyl (C=O) groups excluding carboxylic acids is 1. The van der Waals surface area contributed by atoms with Crippen LogP contribution in [0.15, 0.2) is 84.9 Å². The van der Waals surface area contributed by atoms with Crippen LogP contribution in [0.25, 0.3) is 10.9 Å². The van der Waals surface area contributed by atoms with Crippen LogP contribution in [0.1, 0.15) is 34.7 Å². The molecule has 0 aliphatic carbocycles. The smallest absolute Gasteiger partial charge is 0.304 e. The average molecular weight is 591 g/mol. The van der Waals surface area contributed by atoms with Crippen LogP contribution in [-0.4, -0.2) is 52.0 Å². The molecule has 2 unspecified atom stereocenters. The van der Waals surface area contributed by atoms with E-state index in [0.29, 0.717) is 30.5 Å². The van der Waals surface area contributed by atoms with Crippen molar-refractivity contribution in [3.05, 3.63) is 102 Å². The van der Waals surface area contributed by atoms with Gasteiger partial charge in [-0.05, 0) is 42.3 Å². The van der Waals surface area contributed by atoms with Crippen LogP contribution in [0.4, 0.5) is 0 Å². The highest BCUT2D eigenvalue weighted by molar-refractivity contribution is 8.16. The van der Waals surface area contributed by atoms with Crippen molar-refractivity contribution in [1.29, 1.82) is 0 Å². The first kappa shape index (κ1) is 30.3. The second-order valence-corrected chi connectivity index (χ2v) is 12.6. The maximum atomic E-state index is 12.5. The van der Waals surface area contributed by atoms with Crippen molar-refractivity contribution < 1.29 is 24.2 Å². The molecule has 7 nitrogen and oxygen atoms in total. The first-order chi connectivity index (χ1) is 19.8. The average Bonchev–Trinajstić information content (AvgIpc) is 2.98. The first-order valence-electron chi connectivity index (χ1n) is 13.3. The molecule has 0 aliphatic rings. The summed E-state index contributed by atoms with van der Waals surface area (Å²) in [5.41, 5.74) is 3.78. The van der Waals surface area contributed by atoms with Crippen LogP contribution in [0.3, 0.4) is 0 Å². The Morgan fingerprint density at radius 1 is 0.902 bits per heavy atom. The number of carbonyl (C=O) groups is 2. The van der Waals surface area contributed by atoms with Gasteiger partial charge in [0, 0.05) is 31.3 Å². The van der Waals surface area contributed by atoms with E-state index >= 15 is 0 Å². The van der Waals surface area contributed by atoms with Crippen molar-refractivity contribution >= 4 is 46.3 Å². The van der Waals surface area contributed by atoms with Gasteiger partial charge in [0.15, 0.2) is 0 Å². The zero-order valence-corrected chi connectivity index (χ0v) is 25.0. The van der Waals surface area contributed by atoms with Crippen LogP contribution in [0.2, 0.25) is 0 Å². The lowest BCUT2D eigenvalue weighted by molar-refractivity contribution is -0.136. The van der Waals surface area contributed by atoms with Crippen molar-refractivity contribution in [1.82, 2.24) is 9.88 Å². The third kappa shape index (κ3) is 9.16. The molecule has 1 aromatic heterocycles.